The molecule has 0 fully saturated rings. The Labute approximate surface area is 97.4 Å². The first-order valence-corrected chi connectivity index (χ1v) is 4.97. The van der Waals surface area contributed by atoms with Gasteiger partial charge in [0.05, 0.1) is 10.6 Å². The lowest BCUT2D eigenvalue weighted by Crippen LogP contribution is -2.07. The first kappa shape index (κ1) is 12.5. The van der Waals surface area contributed by atoms with Gasteiger partial charge in [-0.05, 0) is 35.0 Å². The standard InChI is InChI=1S/C9H5BrClF3O/c1-4(15)6-2-5(9(12,13)14)3-7(11)8(6)10/h2-3H,1H3. The van der Waals surface area contributed by atoms with Crippen LogP contribution in [0, 0.1) is 0 Å². The summed E-state index contributed by atoms with van der Waals surface area (Å²) in [5.41, 5.74) is -1.00. The van der Waals surface area contributed by atoms with Crippen LogP contribution in [0.2, 0.25) is 5.02 Å². The number of rotatable bonds is 1. The molecule has 0 N–H and O–H groups in total. The van der Waals surface area contributed by atoms with Crippen molar-refractivity contribution in [2.75, 3.05) is 0 Å². The van der Waals surface area contributed by atoms with Crippen LogP contribution in [0.1, 0.15) is 22.8 Å². The molecule has 0 saturated heterocycles. The Morgan fingerprint density at radius 1 is 1.40 bits per heavy atom. The zero-order valence-electron chi connectivity index (χ0n) is 7.45. The lowest BCUT2D eigenvalue weighted by atomic mass is 10.1. The fraction of sp³-hybridized carbons (Fsp3) is 0.222. The average molecular weight is 301 g/mol. The number of carbonyl (C=O) groups is 1. The second-order valence-electron chi connectivity index (χ2n) is 2.87. The lowest BCUT2D eigenvalue weighted by molar-refractivity contribution is -0.137. The number of ketones is 1. The smallest absolute Gasteiger partial charge is 0.294 e. The maximum Gasteiger partial charge on any atom is 0.416 e. The topological polar surface area (TPSA) is 17.1 Å². The van der Waals surface area contributed by atoms with Crippen molar-refractivity contribution in [1.82, 2.24) is 0 Å². The van der Waals surface area contributed by atoms with Gasteiger partial charge in [-0.2, -0.15) is 13.2 Å². The Morgan fingerprint density at radius 3 is 2.33 bits per heavy atom. The van der Waals surface area contributed by atoms with Gasteiger partial charge in [0.25, 0.3) is 0 Å². The number of carbonyl (C=O) groups excluding carboxylic acids is 1. The summed E-state index contributed by atoms with van der Waals surface area (Å²) in [5, 5.41) is -0.130. The zero-order valence-corrected chi connectivity index (χ0v) is 9.79. The van der Waals surface area contributed by atoms with E-state index >= 15 is 0 Å². The van der Waals surface area contributed by atoms with Crippen molar-refractivity contribution in [2.24, 2.45) is 0 Å². The Hall–Kier alpha value is -0.550. The van der Waals surface area contributed by atoms with Crippen LogP contribution in [0.5, 0.6) is 0 Å². The van der Waals surface area contributed by atoms with E-state index in [0.717, 1.165) is 12.1 Å². The molecule has 0 aliphatic carbocycles. The van der Waals surface area contributed by atoms with Crippen molar-refractivity contribution in [2.45, 2.75) is 13.1 Å². The van der Waals surface area contributed by atoms with E-state index in [9.17, 15) is 18.0 Å². The molecule has 0 aliphatic rings. The minimum absolute atomic E-state index is 0.0742. The number of hydrogen-bond donors (Lipinski definition) is 0. The van der Waals surface area contributed by atoms with Gasteiger partial charge in [0.1, 0.15) is 0 Å². The molecule has 1 aromatic rings. The van der Waals surface area contributed by atoms with Crippen molar-refractivity contribution in [3.8, 4) is 0 Å². The normalized spacial score (nSPS) is 11.6. The third-order valence-corrected chi connectivity index (χ3v) is 3.12. The minimum atomic E-state index is -4.51. The molecule has 0 unspecified atom stereocenters. The van der Waals surface area contributed by atoms with Gasteiger partial charge in [-0.15, -0.1) is 0 Å². The highest BCUT2D eigenvalue weighted by atomic mass is 79.9. The molecular formula is C9H5BrClF3O. The molecule has 0 radical (unpaired) electrons. The quantitative estimate of drug-likeness (QED) is 0.706. The lowest BCUT2D eigenvalue weighted by Gasteiger charge is -2.10. The summed E-state index contributed by atoms with van der Waals surface area (Å²) in [7, 11) is 0. The maximum absolute atomic E-state index is 12.4. The fourth-order valence-corrected chi connectivity index (χ4v) is 1.74. The van der Waals surface area contributed by atoms with Crippen LogP contribution >= 0.6 is 27.5 Å². The summed E-state index contributed by atoms with van der Waals surface area (Å²) >= 11 is 8.53. The third-order valence-electron chi connectivity index (χ3n) is 1.73. The molecule has 6 heteroatoms. The highest BCUT2D eigenvalue weighted by Crippen LogP contribution is 2.36. The van der Waals surface area contributed by atoms with Crippen molar-refractivity contribution in [3.05, 3.63) is 32.8 Å². The van der Waals surface area contributed by atoms with Gasteiger partial charge in [0.15, 0.2) is 5.78 Å². The molecule has 0 bridgehead atoms. The van der Waals surface area contributed by atoms with E-state index in [1.54, 1.807) is 0 Å². The molecular weight excluding hydrogens is 296 g/mol. The van der Waals surface area contributed by atoms with Crippen molar-refractivity contribution < 1.29 is 18.0 Å². The number of Topliss-reactive ketones (excluding diaryl/α,β-unsaturated/α-hetero) is 1. The molecule has 0 aliphatic heterocycles. The van der Waals surface area contributed by atoms with Gasteiger partial charge in [-0.3, -0.25) is 4.79 Å². The summed E-state index contributed by atoms with van der Waals surface area (Å²) in [6.45, 7) is 1.18. The van der Waals surface area contributed by atoms with Crippen LogP contribution in [-0.2, 0) is 6.18 Å². The van der Waals surface area contributed by atoms with Gasteiger partial charge in [0, 0.05) is 10.0 Å². The largest absolute Gasteiger partial charge is 0.416 e. The fourth-order valence-electron chi connectivity index (χ4n) is 1.01. The second-order valence-corrected chi connectivity index (χ2v) is 4.07. The second kappa shape index (κ2) is 4.14. The Balaban J connectivity index is 3.43. The molecule has 82 valence electrons. The minimum Gasteiger partial charge on any atom is -0.294 e. The molecule has 0 saturated carbocycles. The van der Waals surface area contributed by atoms with Crippen molar-refractivity contribution in [1.29, 1.82) is 0 Å². The SMILES string of the molecule is CC(=O)c1cc(C(F)(F)F)cc(Cl)c1Br. The number of hydrogen-bond acceptors (Lipinski definition) is 1. The monoisotopic (exact) mass is 300 g/mol. The van der Waals surface area contributed by atoms with Crippen LogP contribution in [0.25, 0.3) is 0 Å². The molecule has 0 spiro atoms. The van der Waals surface area contributed by atoms with Gasteiger partial charge >= 0.3 is 6.18 Å². The molecule has 1 nitrogen and oxygen atoms in total. The summed E-state index contributed by atoms with van der Waals surface area (Å²) in [6, 6.07) is 1.55. The molecule has 15 heavy (non-hydrogen) atoms. The van der Waals surface area contributed by atoms with Crippen LogP contribution < -0.4 is 0 Å². The van der Waals surface area contributed by atoms with Gasteiger partial charge < -0.3 is 0 Å². The van der Waals surface area contributed by atoms with Crippen LogP contribution in [0.15, 0.2) is 16.6 Å². The summed E-state index contributed by atoms with van der Waals surface area (Å²) in [4.78, 5) is 11.0. The Bertz CT molecular complexity index is 415. The highest BCUT2D eigenvalue weighted by molar-refractivity contribution is 9.10. The number of halogens is 5. The van der Waals surface area contributed by atoms with E-state index in [0.29, 0.717) is 0 Å². The number of alkyl halides is 3. The Morgan fingerprint density at radius 2 is 1.93 bits per heavy atom. The van der Waals surface area contributed by atoms with E-state index in [-0.39, 0.29) is 15.1 Å². The van der Waals surface area contributed by atoms with Crippen LogP contribution in [0.4, 0.5) is 13.2 Å². The van der Waals surface area contributed by atoms with E-state index < -0.39 is 17.5 Å². The predicted molar refractivity (Wildman–Crippen MR) is 54.2 cm³/mol. The molecule has 0 atom stereocenters. The molecule has 0 amide bonds. The molecule has 1 aromatic carbocycles. The van der Waals surface area contributed by atoms with Gasteiger partial charge in [-0.25, -0.2) is 0 Å². The summed E-state index contributed by atoms with van der Waals surface area (Å²) < 4.78 is 37.3. The van der Waals surface area contributed by atoms with E-state index in [2.05, 4.69) is 15.9 Å². The molecule has 1 rings (SSSR count). The first-order valence-electron chi connectivity index (χ1n) is 3.80. The third kappa shape index (κ3) is 2.72. The van der Waals surface area contributed by atoms with Crippen LogP contribution in [0.3, 0.4) is 0 Å². The number of benzene rings is 1. The highest BCUT2D eigenvalue weighted by Gasteiger charge is 2.32. The predicted octanol–water partition coefficient (Wildman–Crippen LogP) is 4.32. The van der Waals surface area contributed by atoms with Crippen molar-refractivity contribution in [3.63, 3.8) is 0 Å². The maximum atomic E-state index is 12.4. The Kier molecular flexibility index (Phi) is 3.45. The molecule has 0 aromatic heterocycles. The van der Waals surface area contributed by atoms with Crippen LogP contribution in [-0.4, -0.2) is 5.78 Å². The average Bonchev–Trinajstić information content (AvgIpc) is 2.06. The summed E-state index contributed by atoms with van der Waals surface area (Å²) in [6.07, 6.45) is -4.51. The first-order chi connectivity index (χ1) is 6.73. The zero-order chi connectivity index (χ0) is 11.8. The van der Waals surface area contributed by atoms with Crippen molar-refractivity contribution >= 4 is 33.3 Å². The van der Waals surface area contributed by atoms with Gasteiger partial charge in [-0.1, -0.05) is 11.6 Å². The van der Waals surface area contributed by atoms with E-state index in [1.807, 2.05) is 0 Å². The van der Waals surface area contributed by atoms with E-state index in [1.165, 1.54) is 6.92 Å². The summed E-state index contributed by atoms with van der Waals surface area (Å²) in [5.74, 6) is -0.477. The molecule has 0 heterocycles. The van der Waals surface area contributed by atoms with Gasteiger partial charge in [0.2, 0.25) is 0 Å². The van der Waals surface area contributed by atoms with E-state index in [4.69, 9.17) is 11.6 Å².